The van der Waals surface area contributed by atoms with Crippen LogP contribution in [0.3, 0.4) is 0 Å². The number of rotatable bonds is 3. The van der Waals surface area contributed by atoms with Gasteiger partial charge in [-0.25, -0.2) is 9.98 Å². The van der Waals surface area contributed by atoms with Gasteiger partial charge in [-0.3, -0.25) is 9.69 Å². The van der Waals surface area contributed by atoms with Crippen LogP contribution < -0.4 is 0 Å². The number of carbonyl (C=O) groups is 1. The standard InChI is InChI=1S/C12H18N4OS2/c1-5-15(6-2)12-14-9-8(19-12)10(17)16(7(3)4)11(18)13-9/h7-8H,5-6H2,1-4H3. The summed E-state index contributed by atoms with van der Waals surface area (Å²) >= 11 is 6.67. The number of hydrogen-bond acceptors (Lipinski definition) is 5. The van der Waals surface area contributed by atoms with Crippen molar-refractivity contribution in [3.63, 3.8) is 0 Å². The van der Waals surface area contributed by atoms with E-state index in [-0.39, 0.29) is 17.2 Å². The first-order valence-corrected chi connectivity index (χ1v) is 7.74. The van der Waals surface area contributed by atoms with Crippen molar-refractivity contribution in [1.29, 1.82) is 0 Å². The first-order chi connectivity index (χ1) is 8.99. The summed E-state index contributed by atoms with van der Waals surface area (Å²) in [6.45, 7) is 9.77. The highest BCUT2D eigenvalue weighted by molar-refractivity contribution is 8.16. The Morgan fingerprint density at radius 1 is 1.37 bits per heavy atom. The molecule has 0 aromatic rings. The van der Waals surface area contributed by atoms with Gasteiger partial charge in [-0.15, -0.1) is 0 Å². The number of nitrogens with zero attached hydrogens (tertiary/aromatic N) is 4. The highest BCUT2D eigenvalue weighted by Gasteiger charge is 2.42. The van der Waals surface area contributed by atoms with E-state index in [1.54, 1.807) is 4.90 Å². The van der Waals surface area contributed by atoms with Crippen LogP contribution in [0.4, 0.5) is 0 Å². The summed E-state index contributed by atoms with van der Waals surface area (Å²) in [7, 11) is 0. The minimum Gasteiger partial charge on any atom is -0.352 e. The van der Waals surface area contributed by atoms with Gasteiger partial charge < -0.3 is 4.90 Å². The van der Waals surface area contributed by atoms with Crippen LogP contribution in [0.25, 0.3) is 0 Å². The lowest BCUT2D eigenvalue weighted by Crippen LogP contribution is -2.50. The number of thioether (sulfide) groups is 1. The zero-order chi connectivity index (χ0) is 14.2. The number of amidine groups is 2. The lowest BCUT2D eigenvalue weighted by molar-refractivity contribution is -0.126. The number of amides is 1. The fourth-order valence-electron chi connectivity index (χ4n) is 2.07. The monoisotopic (exact) mass is 298 g/mol. The van der Waals surface area contributed by atoms with Crippen molar-refractivity contribution in [2.24, 2.45) is 9.98 Å². The molecule has 0 radical (unpaired) electrons. The Kier molecular flexibility index (Phi) is 4.25. The average Bonchev–Trinajstić information content (AvgIpc) is 2.74. The maximum absolute atomic E-state index is 12.4. The predicted molar refractivity (Wildman–Crippen MR) is 83.8 cm³/mol. The smallest absolute Gasteiger partial charge is 0.250 e. The zero-order valence-electron chi connectivity index (χ0n) is 11.6. The molecular weight excluding hydrogens is 280 g/mol. The van der Waals surface area contributed by atoms with Gasteiger partial charge in [0.1, 0.15) is 0 Å². The third-order valence-electron chi connectivity index (χ3n) is 3.10. The highest BCUT2D eigenvalue weighted by atomic mass is 32.2. The van der Waals surface area contributed by atoms with Gasteiger partial charge in [0.05, 0.1) is 0 Å². The summed E-state index contributed by atoms with van der Waals surface area (Å²) in [4.78, 5) is 24.9. The van der Waals surface area contributed by atoms with Crippen molar-refractivity contribution in [2.75, 3.05) is 13.1 Å². The van der Waals surface area contributed by atoms with Crippen molar-refractivity contribution in [1.82, 2.24) is 9.80 Å². The minimum absolute atomic E-state index is 0.000839. The van der Waals surface area contributed by atoms with Crippen LogP contribution in [0.5, 0.6) is 0 Å². The van der Waals surface area contributed by atoms with Crippen LogP contribution in [0, 0.1) is 0 Å². The fourth-order valence-corrected chi connectivity index (χ4v) is 3.66. The lowest BCUT2D eigenvalue weighted by Gasteiger charge is -2.30. The van der Waals surface area contributed by atoms with Gasteiger partial charge in [0.25, 0.3) is 0 Å². The molecule has 0 aromatic heterocycles. The van der Waals surface area contributed by atoms with E-state index in [2.05, 4.69) is 28.7 Å². The van der Waals surface area contributed by atoms with E-state index < -0.39 is 0 Å². The van der Waals surface area contributed by atoms with Gasteiger partial charge in [-0.1, -0.05) is 11.8 Å². The first kappa shape index (κ1) is 14.5. The van der Waals surface area contributed by atoms with Crippen LogP contribution in [0.1, 0.15) is 27.7 Å². The Morgan fingerprint density at radius 3 is 2.53 bits per heavy atom. The molecule has 0 aromatic carbocycles. The number of hydrogen-bond donors (Lipinski definition) is 0. The zero-order valence-corrected chi connectivity index (χ0v) is 13.2. The Morgan fingerprint density at radius 2 is 2.00 bits per heavy atom. The van der Waals surface area contributed by atoms with E-state index in [0.717, 1.165) is 18.3 Å². The molecule has 104 valence electrons. The Labute approximate surface area is 123 Å². The normalized spacial score (nSPS) is 22.6. The summed E-state index contributed by atoms with van der Waals surface area (Å²) in [6, 6.07) is 0.0309. The Hall–Kier alpha value is -0.950. The molecular formula is C12H18N4OS2. The largest absolute Gasteiger partial charge is 0.352 e. The number of thiocarbonyl (C=S) groups is 1. The van der Waals surface area contributed by atoms with E-state index in [1.807, 2.05) is 13.8 Å². The van der Waals surface area contributed by atoms with E-state index in [0.29, 0.717) is 10.9 Å². The van der Waals surface area contributed by atoms with Crippen molar-refractivity contribution in [3.8, 4) is 0 Å². The van der Waals surface area contributed by atoms with Gasteiger partial charge >= 0.3 is 0 Å². The van der Waals surface area contributed by atoms with Crippen LogP contribution in [0.15, 0.2) is 9.98 Å². The third kappa shape index (κ3) is 2.53. The molecule has 2 aliphatic rings. The molecule has 0 spiro atoms. The summed E-state index contributed by atoms with van der Waals surface area (Å²) in [5.41, 5.74) is 0. The fraction of sp³-hybridized carbons (Fsp3) is 0.667. The molecule has 0 fully saturated rings. The van der Waals surface area contributed by atoms with Gasteiger partial charge in [-0.2, -0.15) is 0 Å². The number of aliphatic imine (C=N–C) groups is 2. The molecule has 2 heterocycles. The molecule has 2 rings (SSSR count). The second-order valence-corrected chi connectivity index (χ2v) is 6.06. The summed E-state index contributed by atoms with van der Waals surface area (Å²) in [5, 5.41) is 0.872. The molecule has 0 N–H and O–H groups in total. The van der Waals surface area contributed by atoms with Crippen molar-refractivity contribution in [2.45, 2.75) is 39.0 Å². The molecule has 2 aliphatic heterocycles. The maximum atomic E-state index is 12.4. The number of fused-ring (bicyclic) bond motifs is 1. The second kappa shape index (κ2) is 5.58. The predicted octanol–water partition coefficient (Wildman–Crippen LogP) is 1.73. The summed E-state index contributed by atoms with van der Waals surface area (Å²) in [5.74, 6) is 0.555. The lowest BCUT2D eigenvalue weighted by atomic mass is 10.2. The van der Waals surface area contributed by atoms with Gasteiger partial charge in [-0.05, 0) is 39.9 Å². The SMILES string of the molecule is CCN(CC)C1=NC2=NC(=S)N(C(C)C)C(=O)C2S1. The van der Waals surface area contributed by atoms with Crippen LogP contribution >= 0.6 is 24.0 Å². The molecule has 1 amide bonds. The molecule has 0 saturated carbocycles. The maximum Gasteiger partial charge on any atom is 0.250 e. The van der Waals surface area contributed by atoms with Gasteiger partial charge in [0.15, 0.2) is 16.3 Å². The number of carbonyl (C=O) groups excluding carboxylic acids is 1. The van der Waals surface area contributed by atoms with Crippen molar-refractivity contribution < 1.29 is 4.79 Å². The molecule has 7 heteroatoms. The van der Waals surface area contributed by atoms with E-state index in [1.165, 1.54) is 11.8 Å². The van der Waals surface area contributed by atoms with Crippen molar-refractivity contribution in [3.05, 3.63) is 0 Å². The Balaban J connectivity index is 2.27. The summed E-state index contributed by atoms with van der Waals surface area (Å²) in [6.07, 6.45) is 0. The van der Waals surface area contributed by atoms with Crippen LogP contribution in [0.2, 0.25) is 0 Å². The van der Waals surface area contributed by atoms with Gasteiger partial charge in [0, 0.05) is 19.1 Å². The van der Waals surface area contributed by atoms with E-state index in [9.17, 15) is 4.79 Å². The van der Waals surface area contributed by atoms with E-state index >= 15 is 0 Å². The van der Waals surface area contributed by atoms with E-state index in [4.69, 9.17) is 12.2 Å². The van der Waals surface area contributed by atoms with Crippen LogP contribution in [-0.4, -0.2) is 56.2 Å². The topological polar surface area (TPSA) is 48.3 Å². The molecule has 1 atom stereocenters. The molecule has 19 heavy (non-hydrogen) atoms. The average molecular weight is 298 g/mol. The molecule has 1 unspecified atom stereocenters. The first-order valence-electron chi connectivity index (χ1n) is 6.45. The van der Waals surface area contributed by atoms with Crippen molar-refractivity contribution >= 4 is 46.0 Å². The quantitative estimate of drug-likeness (QED) is 0.745. The van der Waals surface area contributed by atoms with Crippen LogP contribution in [-0.2, 0) is 4.79 Å². The molecule has 5 nitrogen and oxygen atoms in total. The summed E-state index contributed by atoms with van der Waals surface area (Å²) < 4.78 is 0. The molecule has 0 saturated heterocycles. The molecule has 0 bridgehead atoms. The minimum atomic E-state index is -0.329. The highest BCUT2D eigenvalue weighted by Crippen LogP contribution is 2.30. The third-order valence-corrected chi connectivity index (χ3v) is 4.59. The molecule has 0 aliphatic carbocycles. The Bertz CT molecular complexity index is 468. The van der Waals surface area contributed by atoms with Gasteiger partial charge in [0.2, 0.25) is 11.0 Å². The second-order valence-electron chi connectivity index (χ2n) is 4.62.